The highest BCUT2D eigenvalue weighted by Crippen LogP contribution is 2.14. The van der Waals surface area contributed by atoms with Gasteiger partial charge in [0.05, 0.1) is 6.61 Å². The van der Waals surface area contributed by atoms with Crippen LogP contribution in [0.25, 0.3) is 6.08 Å². The average Bonchev–Trinajstić information content (AvgIpc) is 2.52. The topological polar surface area (TPSA) is 39.2 Å². The van der Waals surface area contributed by atoms with Crippen molar-refractivity contribution in [3.8, 4) is 5.75 Å². The Labute approximate surface area is 125 Å². The summed E-state index contributed by atoms with van der Waals surface area (Å²) >= 11 is 0. The zero-order valence-corrected chi connectivity index (χ0v) is 12.3. The molecule has 0 saturated heterocycles. The second-order valence-electron chi connectivity index (χ2n) is 5.21. The molecule has 0 radical (unpaired) electrons. The lowest BCUT2D eigenvalue weighted by atomic mass is 10.1. The van der Waals surface area contributed by atoms with Gasteiger partial charge >= 0.3 is 0 Å². The molecule has 1 aromatic carbocycles. The largest absolute Gasteiger partial charge is 0.493 e. The first kappa shape index (κ1) is 15.0. The van der Waals surface area contributed by atoms with Gasteiger partial charge in [0.1, 0.15) is 5.75 Å². The molecule has 1 aromatic heterocycles. The van der Waals surface area contributed by atoms with E-state index in [1.807, 2.05) is 24.3 Å². The van der Waals surface area contributed by atoms with Crippen molar-refractivity contribution in [1.82, 2.24) is 4.98 Å². The van der Waals surface area contributed by atoms with Crippen LogP contribution in [0.15, 0.2) is 54.9 Å². The molecule has 0 saturated carbocycles. The zero-order valence-electron chi connectivity index (χ0n) is 12.3. The Kier molecular flexibility index (Phi) is 5.27. The van der Waals surface area contributed by atoms with Crippen molar-refractivity contribution in [2.75, 3.05) is 6.61 Å². The number of aromatic nitrogens is 1. The van der Waals surface area contributed by atoms with E-state index in [0.717, 1.165) is 11.3 Å². The van der Waals surface area contributed by atoms with Crippen LogP contribution in [0.2, 0.25) is 0 Å². The van der Waals surface area contributed by atoms with Crippen LogP contribution in [0.4, 0.5) is 0 Å². The molecule has 1 heterocycles. The van der Waals surface area contributed by atoms with Crippen LogP contribution < -0.4 is 4.74 Å². The molecule has 0 bridgehead atoms. The quantitative estimate of drug-likeness (QED) is 0.593. The van der Waals surface area contributed by atoms with Gasteiger partial charge in [0.15, 0.2) is 5.78 Å². The number of ether oxygens (including phenoxy) is 1. The van der Waals surface area contributed by atoms with Gasteiger partial charge in [0.2, 0.25) is 0 Å². The summed E-state index contributed by atoms with van der Waals surface area (Å²) < 4.78 is 5.62. The lowest BCUT2D eigenvalue weighted by Gasteiger charge is -2.08. The minimum Gasteiger partial charge on any atom is -0.493 e. The summed E-state index contributed by atoms with van der Waals surface area (Å²) in [7, 11) is 0. The van der Waals surface area contributed by atoms with Crippen LogP contribution in [0, 0.1) is 5.92 Å². The normalized spacial score (nSPS) is 11.0. The van der Waals surface area contributed by atoms with Crippen LogP contribution in [0.3, 0.4) is 0 Å². The van der Waals surface area contributed by atoms with Gasteiger partial charge in [-0.15, -0.1) is 0 Å². The molecule has 21 heavy (non-hydrogen) atoms. The van der Waals surface area contributed by atoms with Crippen molar-refractivity contribution in [2.24, 2.45) is 5.92 Å². The molecule has 0 aliphatic heterocycles. The SMILES string of the molecule is CC(C)COc1ccc(/C=C/C(=O)c2cccnc2)cc1. The number of carbonyl (C=O) groups excluding carboxylic acids is 1. The lowest BCUT2D eigenvalue weighted by molar-refractivity contribution is 0.104. The van der Waals surface area contributed by atoms with Crippen molar-refractivity contribution < 1.29 is 9.53 Å². The van der Waals surface area contributed by atoms with E-state index in [4.69, 9.17) is 4.74 Å². The van der Waals surface area contributed by atoms with Gasteiger partial charge in [0.25, 0.3) is 0 Å². The van der Waals surface area contributed by atoms with Gasteiger partial charge in [-0.2, -0.15) is 0 Å². The molecule has 3 nitrogen and oxygen atoms in total. The number of hydrogen-bond acceptors (Lipinski definition) is 3. The number of allylic oxidation sites excluding steroid dienone is 1. The van der Waals surface area contributed by atoms with Gasteiger partial charge < -0.3 is 4.74 Å². The van der Waals surface area contributed by atoms with Crippen LogP contribution in [0.5, 0.6) is 5.75 Å². The van der Waals surface area contributed by atoms with E-state index >= 15 is 0 Å². The van der Waals surface area contributed by atoms with Crippen molar-refractivity contribution in [3.63, 3.8) is 0 Å². The second kappa shape index (κ2) is 7.39. The van der Waals surface area contributed by atoms with Crippen LogP contribution in [-0.4, -0.2) is 17.4 Å². The molecule has 0 spiro atoms. The maximum Gasteiger partial charge on any atom is 0.187 e. The van der Waals surface area contributed by atoms with Crippen LogP contribution in [-0.2, 0) is 0 Å². The monoisotopic (exact) mass is 281 g/mol. The van der Waals surface area contributed by atoms with E-state index in [2.05, 4.69) is 18.8 Å². The predicted octanol–water partition coefficient (Wildman–Crippen LogP) is 4.01. The second-order valence-corrected chi connectivity index (χ2v) is 5.21. The molecule has 0 unspecified atom stereocenters. The van der Waals surface area contributed by atoms with Crippen LogP contribution in [0.1, 0.15) is 29.8 Å². The summed E-state index contributed by atoms with van der Waals surface area (Å²) in [4.78, 5) is 15.8. The first-order chi connectivity index (χ1) is 10.1. The summed E-state index contributed by atoms with van der Waals surface area (Å²) in [5.41, 5.74) is 1.55. The maximum absolute atomic E-state index is 11.9. The smallest absolute Gasteiger partial charge is 0.187 e. The van der Waals surface area contributed by atoms with Crippen molar-refractivity contribution in [3.05, 3.63) is 66.0 Å². The van der Waals surface area contributed by atoms with E-state index in [0.29, 0.717) is 18.1 Å². The number of pyridine rings is 1. The minimum absolute atomic E-state index is 0.0526. The first-order valence-corrected chi connectivity index (χ1v) is 7.00. The Hall–Kier alpha value is -2.42. The molecular formula is C18H19NO2. The van der Waals surface area contributed by atoms with Gasteiger partial charge in [-0.25, -0.2) is 0 Å². The van der Waals surface area contributed by atoms with Gasteiger partial charge in [-0.05, 0) is 41.8 Å². The molecule has 0 aliphatic carbocycles. The standard InChI is InChI=1S/C18H19NO2/c1-14(2)13-21-17-8-5-15(6-9-17)7-10-18(20)16-4-3-11-19-12-16/h3-12,14H,13H2,1-2H3/b10-7+. The van der Waals surface area contributed by atoms with E-state index in [-0.39, 0.29) is 5.78 Å². The third-order valence-corrected chi connectivity index (χ3v) is 2.84. The molecule has 0 atom stereocenters. The fourth-order valence-corrected chi connectivity index (χ4v) is 1.71. The van der Waals surface area contributed by atoms with Crippen LogP contribution >= 0.6 is 0 Å². The number of nitrogens with zero attached hydrogens (tertiary/aromatic N) is 1. The molecule has 3 heteroatoms. The Morgan fingerprint density at radius 3 is 2.62 bits per heavy atom. The average molecular weight is 281 g/mol. The summed E-state index contributed by atoms with van der Waals surface area (Å²) in [6.45, 7) is 4.93. The number of rotatable bonds is 6. The Morgan fingerprint density at radius 1 is 1.24 bits per heavy atom. The van der Waals surface area contributed by atoms with E-state index < -0.39 is 0 Å². The number of hydrogen-bond donors (Lipinski definition) is 0. The summed E-state index contributed by atoms with van der Waals surface area (Å²) in [5, 5.41) is 0. The molecular weight excluding hydrogens is 262 g/mol. The first-order valence-electron chi connectivity index (χ1n) is 7.00. The molecule has 2 rings (SSSR count). The van der Waals surface area contributed by atoms with E-state index in [1.165, 1.54) is 0 Å². The third kappa shape index (κ3) is 4.88. The summed E-state index contributed by atoms with van der Waals surface area (Å²) in [6, 6.07) is 11.2. The Bertz CT molecular complexity index is 601. The van der Waals surface area contributed by atoms with Crippen molar-refractivity contribution >= 4 is 11.9 Å². The molecule has 0 amide bonds. The molecule has 0 fully saturated rings. The third-order valence-electron chi connectivity index (χ3n) is 2.84. The number of ketones is 1. The zero-order chi connectivity index (χ0) is 15.1. The highest BCUT2D eigenvalue weighted by Gasteiger charge is 2.00. The maximum atomic E-state index is 11.9. The fraction of sp³-hybridized carbons (Fsp3) is 0.222. The highest BCUT2D eigenvalue weighted by molar-refractivity contribution is 6.06. The van der Waals surface area contributed by atoms with Gasteiger partial charge in [0, 0.05) is 18.0 Å². The Morgan fingerprint density at radius 2 is 2.00 bits per heavy atom. The molecule has 0 aliphatic rings. The van der Waals surface area contributed by atoms with Gasteiger partial charge in [-0.3, -0.25) is 9.78 Å². The van der Waals surface area contributed by atoms with E-state index in [1.54, 1.807) is 36.7 Å². The van der Waals surface area contributed by atoms with Crippen molar-refractivity contribution in [1.29, 1.82) is 0 Å². The molecule has 2 aromatic rings. The molecule has 0 N–H and O–H groups in total. The minimum atomic E-state index is -0.0526. The summed E-state index contributed by atoms with van der Waals surface area (Å²) in [6.07, 6.45) is 6.56. The van der Waals surface area contributed by atoms with Gasteiger partial charge in [-0.1, -0.05) is 32.1 Å². The Balaban J connectivity index is 1.97. The highest BCUT2D eigenvalue weighted by atomic mass is 16.5. The van der Waals surface area contributed by atoms with Crippen molar-refractivity contribution in [2.45, 2.75) is 13.8 Å². The fourth-order valence-electron chi connectivity index (χ4n) is 1.71. The number of benzene rings is 1. The summed E-state index contributed by atoms with van der Waals surface area (Å²) in [5.74, 6) is 1.30. The lowest BCUT2D eigenvalue weighted by Crippen LogP contribution is -2.04. The number of carbonyl (C=O) groups is 1. The predicted molar refractivity (Wildman–Crippen MR) is 84.4 cm³/mol. The van der Waals surface area contributed by atoms with E-state index in [9.17, 15) is 4.79 Å². The molecule has 108 valence electrons.